The predicted octanol–water partition coefficient (Wildman–Crippen LogP) is 2.83. The Morgan fingerprint density at radius 2 is 1.92 bits per heavy atom. The lowest BCUT2D eigenvalue weighted by atomic mass is 9.92. The van der Waals surface area contributed by atoms with E-state index in [0.717, 1.165) is 24.5 Å². The number of sulfonamides is 1. The molecule has 1 aliphatic rings. The lowest BCUT2D eigenvalue weighted by Crippen LogP contribution is -2.40. The second-order valence-corrected chi connectivity index (χ2v) is 7.95. The molecule has 1 saturated heterocycles. The zero-order chi connectivity index (χ0) is 18.8. The number of piperidine rings is 1. The molecule has 0 spiro atoms. The second-order valence-electron chi connectivity index (χ2n) is 6.20. The highest BCUT2D eigenvalue weighted by molar-refractivity contribution is 7.92. The zero-order valence-corrected chi connectivity index (χ0v) is 15.8. The fraction of sp³-hybridized carbons (Fsp3) is 0.533. The van der Waals surface area contributed by atoms with Gasteiger partial charge in [-0.05, 0) is 44.5 Å². The van der Waals surface area contributed by atoms with Crippen LogP contribution in [-0.4, -0.2) is 33.2 Å². The Labute approximate surface area is 156 Å². The number of anilines is 2. The number of amides is 1. The molecule has 3 N–H and O–H groups in total. The third-order valence-corrected chi connectivity index (χ3v) is 4.49. The SMILES string of the molecule is C[C@H]1C[C@@H](C(=O)Nc2cc(C(F)(F)F)ccc2NS(C)(=O)=O)CCN1.Cl. The van der Waals surface area contributed by atoms with Crippen LogP contribution in [0.3, 0.4) is 0 Å². The number of rotatable bonds is 4. The number of hydrogen-bond acceptors (Lipinski definition) is 4. The second kappa shape index (κ2) is 8.45. The molecule has 6 nitrogen and oxygen atoms in total. The molecule has 1 aromatic carbocycles. The van der Waals surface area contributed by atoms with Crippen LogP contribution in [-0.2, 0) is 21.0 Å². The summed E-state index contributed by atoms with van der Waals surface area (Å²) in [6, 6.07) is 2.61. The normalized spacial score (nSPS) is 20.8. The first-order valence-electron chi connectivity index (χ1n) is 7.69. The van der Waals surface area contributed by atoms with Crippen molar-refractivity contribution in [3.8, 4) is 0 Å². The van der Waals surface area contributed by atoms with Gasteiger partial charge in [0.1, 0.15) is 0 Å². The van der Waals surface area contributed by atoms with Gasteiger partial charge in [0.05, 0.1) is 23.2 Å². The van der Waals surface area contributed by atoms with Crippen LogP contribution in [0.4, 0.5) is 24.5 Å². The van der Waals surface area contributed by atoms with Crippen LogP contribution in [0.1, 0.15) is 25.3 Å². The summed E-state index contributed by atoms with van der Waals surface area (Å²) in [5.41, 5.74) is -1.29. The van der Waals surface area contributed by atoms with E-state index in [-0.39, 0.29) is 35.7 Å². The molecular weight excluding hydrogens is 395 g/mol. The first-order valence-corrected chi connectivity index (χ1v) is 9.58. The van der Waals surface area contributed by atoms with Gasteiger partial charge in [0.2, 0.25) is 15.9 Å². The van der Waals surface area contributed by atoms with Crippen LogP contribution < -0.4 is 15.4 Å². The van der Waals surface area contributed by atoms with Crippen LogP contribution in [0.2, 0.25) is 0 Å². The third kappa shape index (κ3) is 6.33. The quantitative estimate of drug-likeness (QED) is 0.705. The molecule has 0 radical (unpaired) electrons. The molecule has 1 heterocycles. The van der Waals surface area contributed by atoms with Crippen molar-refractivity contribution in [2.24, 2.45) is 5.92 Å². The van der Waals surface area contributed by atoms with Crippen molar-refractivity contribution in [1.29, 1.82) is 0 Å². The summed E-state index contributed by atoms with van der Waals surface area (Å²) in [5, 5.41) is 5.62. The molecule has 0 bridgehead atoms. The maximum absolute atomic E-state index is 12.9. The first kappa shape index (κ1) is 22.5. The number of benzene rings is 1. The van der Waals surface area contributed by atoms with E-state index < -0.39 is 27.7 Å². The van der Waals surface area contributed by atoms with Gasteiger partial charge in [-0.15, -0.1) is 12.4 Å². The van der Waals surface area contributed by atoms with Gasteiger partial charge < -0.3 is 10.6 Å². The number of carbonyl (C=O) groups excluding carboxylic acids is 1. The molecule has 1 aromatic rings. The van der Waals surface area contributed by atoms with E-state index >= 15 is 0 Å². The molecule has 1 fully saturated rings. The summed E-state index contributed by atoms with van der Waals surface area (Å²) in [7, 11) is -3.71. The summed E-state index contributed by atoms with van der Waals surface area (Å²) in [6.07, 6.45) is -2.61. The Kier molecular flexibility index (Phi) is 7.32. The first-order chi connectivity index (χ1) is 11.5. The zero-order valence-electron chi connectivity index (χ0n) is 14.2. The Bertz CT molecular complexity index is 756. The summed E-state index contributed by atoms with van der Waals surface area (Å²) in [6.45, 7) is 2.55. The number of hydrogen-bond donors (Lipinski definition) is 3. The van der Waals surface area contributed by atoms with Crippen molar-refractivity contribution in [3.05, 3.63) is 23.8 Å². The maximum Gasteiger partial charge on any atom is 0.416 e. The molecular formula is C15H21ClF3N3O3S. The number of halogens is 4. The Balaban J connectivity index is 0.00000338. The summed E-state index contributed by atoms with van der Waals surface area (Å²) in [5.74, 6) is -0.777. The molecule has 0 saturated carbocycles. The molecule has 1 amide bonds. The molecule has 2 atom stereocenters. The minimum Gasteiger partial charge on any atom is -0.324 e. The largest absolute Gasteiger partial charge is 0.416 e. The van der Waals surface area contributed by atoms with Gasteiger partial charge >= 0.3 is 6.18 Å². The predicted molar refractivity (Wildman–Crippen MR) is 96.0 cm³/mol. The molecule has 0 aromatic heterocycles. The fourth-order valence-electron chi connectivity index (χ4n) is 2.72. The monoisotopic (exact) mass is 415 g/mol. The fourth-order valence-corrected chi connectivity index (χ4v) is 3.30. The van der Waals surface area contributed by atoms with Gasteiger partial charge in [0, 0.05) is 12.0 Å². The van der Waals surface area contributed by atoms with Crippen molar-refractivity contribution in [2.75, 3.05) is 22.8 Å². The Morgan fingerprint density at radius 3 is 2.46 bits per heavy atom. The smallest absolute Gasteiger partial charge is 0.324 e. The number of nitrogens with one attached hydrogen (secondary N) is 3. The summed E-state index contributed by atoms with van der Waals surface area (Å²) >= 11 is 0. The minimum absolute atomic E-state index is 0. The maximum atomic E-state index is 12.9. The third-order valence-electron chi connectivity index (χ3n) is 3.89. The molecule has 26 heavy (non-hydrogen) atoms. The van der Waals surface area contributed by atoms with E-state index in [1.807, 2.05) is 6.92 Å². The van der Waals surface area contributed by atoms with E-state index in [0.29, 0.717) is 19.4 Å². The van der Waals surface area contributed by atoms with Crippen molar-refractivity contribution in [2.45, 2.75) is 32.0 Å². The van der Waals surface area contributed by atoms with Gasteiger partial charge in [-0.2, -0.15) is 13.2 Å². The van der Waals surface area contributed by atoms with Gasteiger partial charge in [0.25, 0.3) is 0 Å². The number of alkyl halides is 3. The van der Waals surface area contributed by atoms with Crippen molar-refractivity contribution in [1.82, 2.24) is 5.32 Å². The van der Waals surface area contributed by atoms with Crippen LogP contribution in [0.5, 0.6) is 0 Å². The summed E-state index contributed by atoms with van der Waals surface area (Å²) in [4.78, 5) is 12.4. The molecule has 11 heteroatoms. The molecule has 0 aliphatic carbocycles. The lowest BCUT2D eigenvalue weighted by molar-refractivity contribution is -0.137. The molecule has 0 unspecified atom stereocenters. The van der Waals surface area contributed by atoms with Crippen LogP contribution in [0.15, 0.2) is 18.2 Å². The van der Waals surface area contributed by atoms with Crippen molar-refractivity contribution >= 4 is 39.7 Å². The molecule has 148 valence electrons. The van der Waals surface area contributed by atoms with Crippen molar-refractivity contribution in [3.63, 3.8) is 0 Å². The molecule has 2 rings (SSSR count). The van der Waals surface area contributed by atoms with Crippen molar-refractivity contribution < 1.29 is 26.4 Å². The van der Waals surface area contributed by atoms with E-state index in [1.165, 1.54) is 0 Å². The van der Waals surface area contributed by atoms with Gasteiger partial charge in [-0.25, -0.2) is 8.42 Å². The highest BCUT2D eigenvalue weighted by Crippen LogP contribution is 2.34. The van der Waals surface area contributed by atoms with Crippen LogP contribution in [0, 0.1) is 5.92 Å². The van der Waals surface area contributed by atoms with Gasteiger partial charge in [0.15, 0.2) is 0 Å². The standard InChI is InChI=1S/C15H20F3N3O3S.ClH/c1-9-7-10(5-6-19-9)14(22)20-13-8-11(15(16,17)18)3-4-12(13)21-25(2,23)24;/h3-4,8-10,19,21H,5-7H2,1-2H3,(H,20,22);1H/t9-,10-;/m0./s1. The Hall–Kier alpha value is -1.52. The Morgan fingerprint density at radius 1 is 1.27 bits per heavy atom. The summed E-state index contributed by atoms with van der Waals surface area (Å²) < 4.78 is 63.7. The topological polar surface area (TPSA) is 87.3 Å². The van der Waals surface area contributed by atoms with Crippen LogP contribution >= 0.6 is 12.4 Å². The molecule has 1 aliphatic heterocycles. The van der Waals surface area contributed by atoms with E-state index in [4.69, 9.17) is 0 Å². The van der Waals surface area contributed by atoms with E-state index in [1.54, 1.807) is 0 Å². The number of carbonyl (C=O) groups is 1. The van der Waals surface area contributed by atoms with E-state index in [9.17, 15) is 26.4 Å². The average Bonchev–Trinajstić information content (AvgIpc) is 2.46. The van der Waals surface area contributed by atoms with Crippen LogP contribution in [0.25, 0.3) is 0 Å². The lowest BCUT2D eigenvalue weighted by Gasteiger charge is -2.27. The highest BCUT2D eigenvalue weighted by Gasteiger charge is 2.32. The highest BCUT2D eigenvalue weighted by atomic mass is 35.5. The van der Waals surface area contributed by atoms with E-state index in [2.05, 4.69) is 15.4 Å². The van der Waals surface area contributed by atoms with Gasteiger partial charge in [-0.1, -0.05) is 0 Å². The minimum atomic E-state index is -4.60. The van der Waals surface area contributed by atoms with Gasteiger partial charge in [-0.3, -0.25) is 9.52 Å². The average molecular weight is 416 g/mol.